The Morgan fingerprint density at radius 2 is 2.19 bits per heavy atom. The predicted octanol–water partition coefficient (Wildman–Crippen LogP) is 2.00. The van der Waals surface area contributed by atoms with Gasteiger partial charge in [-0.05, 0) is 24.6 Å². The summed E-state index contributed by atoms with van der Waals surface area (Å²) < 4.78 is 19.0. The van der Waals surface area contributed by atoms with E-state index in [0.717, 1.165) is 12.5 Å². The lowest BCUT2D eigenvalue weighted by Gasteiger charge is -2.08. The number of hydrogen-bond donors (Lipinski definition) is 2. The van der Waals surface area contributed by atoms with E-state index < -0.39 is 5.82 Å². The van der Waals surface area contributed by atoms with Gasteiger partial charge >= 0.3 is 6.01 Å². The molecule has 108 valence electrons. The molecule has 0 aliphatic rings. The summed E-state index contributed by atoms with van der Waals surface area (Å²) in [6.07, 6.45) is 0.790. The highest BCUT2D eigenvalue weighted by Crippen LogP contribution is 2.20. The van der Waals surface area contributed by atoms with Gasteiger partial charge < -0.3 is 15.8 Å². The molecule has 0 bridgehead atoms. The minimum atomic E-state index is -0.593. The Hall–Kier alpha value is -2.95. The van der Waals surface area contributed by atoms with Crippen molar-refractivity contribution in [2.45, 2.75) is 13.3 Å². The molecule has 2 aromatic rings. The third-order valence-electron chi connectivity index (χ3n) is 2.41. The average molecular weight is 288 g/mol. The highest BCUT2D eigenvalue weighted by atomic mass is 19.1. The molecule has 0 saturated carbocycles. The van der Waals surface area contributed by atoms with Gasteiger partial charge in [0, 0.05) is 0 Å². The van der Waals surface area contributed by atoms with Crippen molar-refractivity contribution in [3.63, 3.8) is 0 Å². The normalized spacial score (nSPS) is 9.95. The molecule has 0 radical (unpaired) electrons. The molecule has 1 heterocycles. The lowest BCUT2D eigenvalue weighted by molar-refractivity contribution is 0.292. The van der Waals surface area contributed by atoms with Gasteiger partial charge in [0.15, 0.2) is 0 Å². The van der Waals surface area contributed by atoms with Crippen molar-refractivity contribution in [2.75, 3.05) is 17.7 Å². The third kappa shape index (κ3) is 3.76. The number of aromatic nitrogens is 3. The van der Waals surface area contributed by atoms with Gasteiger partial charge in [-0.2, -0.15) is 20.2 Å². The first kappa shape index (κ1) is 14.5. The fraction of sp³-hybridized carbons (Fsp3) is 0.231. The molecule has 1 aromatic carbocycles. The van der Waals surface area contributed by atoms with Gasteiger partial charge in [0.25, 0.3) is 0 Å². The maximum Gasteiger partial charge on any atom is 0.323 e. The molecule has 0 atom stereocenters. The molecule has 1 aromatic heterocycles. The van der Waals surface area contributed by atoms with Crippen molar-refractivity contribution in [3.8, 4) is 12.1 Å². The van der Waals surface area contributed by atoms with Gasteiger partial charge in [-0.15, -0.1) is 0 Å². The molecule has 2 rings (SSSR count). The molecule has 7 nitrogen and oxygen atoms in total. The maximum atomic E-state index is 13.8. The standard InChI is InChI=1S/C13H13FN6O/c1-2-5-21-13-19-11(16)18-12(20-13)17-10-4-3-8(7-15)6-9(10)14/h3-4,6H,2,5H2,1H3,(H3,16,17,18,19,20). The molecule has 21 heavy (non-hydrogen) atoms. The lowest BCUT2D eigenvalue weighted by atomic mass is 10.2. The number of nitrogen functional groups attached to an aromatic ring is 1. The molecular weight excluding hydrogens is 275 g/mol. The van der Waals surface area contributed by atoms with Crippen LogP contribution in [0.25, 0.3) is 0 Å². The van der Waals surface area contributed by atoms with Crippen molar-refractivity contribution in [1.82, 2.24) is 15.0 Å². The van der Waals surface area contributed by atoms with Crippen molar-refractivity contribution < 1.29 is 9.13 Å². The van der Waals surface area contributed by atoms with Gasteiger partial charge in [-0.25, -0.2) is 4.39 Å². The van der Waals surface area contributed by atoms with Crippen molar-refractivity contribution in [2.24, 2.45) is 0 Å². The van der Waals surface area contributed by atoms with Crippen LogP contribution in [-0.4, -0.2) is 21.6 Å². The highest BCUT2D eigenvalue weighted by Gasteiger charge is 2.09. The van der Waals surface area contributed by atoms with Crippen molar-refractivity contribution in [3.05, 3.63) is 29.6 Å². The van der Waals surface area contributed by atoms with E-state index in [2.05, 4.69) is 20.3 Å². The maximum absolute atomic E-state index is 13.8. The molecule has 0 fully saturated rings. The average Bonchev–Trinajstić information content (AvgIpc) is 2.46. The number of hydrogen-bond acceptors (Lipinski definition) is 7. The Labute approximate surface area is 120 Å². The van der Waals surface area contributed by atoms with Crippen LogP contribution in [0.3, 0.4) is 0 Å². The fourth-order valence-corrected chi connectivity index (χ4v) is 1.49. The Bertz CT molecular complexity index is 685. The van der Waals surface area contributed by atoms with E-state index in [1.165, 1.54) is 12.1 Å². The number of nitrogens with zero attached hydrogens (tertiary/aromatic N) is 4. The number of halogens is 1. The van der Waals surface area contributed by atoms with Crippen LogP contribution in [-0.2, 0) is 0 Å². The molecular formula is C13H13FN6O. The number of rotatable bonds is 5. The summed E-state index contributed by atoms with van der Waals surface area (Å²) in [6.45, 7) is 2.38. The van der Waals surface area contributed by atoms with Crippen LogP contribution in [0, 0.1) is 17.1 Å². The zero-order valence-corrected chi connectivity index (χ0v) is 11.3. The summed E-state index contributed by atoms with van der Waals surface area (Å²) in [6, 6.07) is 5.93. The lowest BCUT2D eigenvalue weighted by Crippen LogP contribution is -2.08. The molecule has 0 aliphatic carbocycles. The number of ether oxygens (including phenoxy) is 1. The molecule has 0 unspecified atom stereocenters. The van der Waals surface area contributed by atoms with Gasteiger partial charge in [0.05, 0.1) is 23.9 Å². The zero-order valence-electron chi connectivity index (χ0n) is 11.3. The first-order chi connectivity index (χ1) is 10.1. The molecule has 0 aliphatic heterocycles. The zero-order chi connectivity index (χ0) is 15.2. The van der Waals surface area contributed by atoms with Crippen molar-refractivity contribution in [1.29, 1.82) is 5.26 Å². The Kier molecular flexibility index (Phi) is 4.46. The molecule has 0 saturated heterocycles. The van der Waals surface area contributed by atoms with Crippen LogP contribution >= 0.6 is 0 Å². The summed E-state index contributed by atoms with van der Waals surface area (Å²) in [5.41, 5.74) is 5.90. The summed E-state index contributed by atoms with van der Waals surface area (Å²) >= 11 is 0. The third-order valence-corrected chi connectivity index (χ3v) is 2.41. The SMILES string of the molecule is CCCOc1nc(N)nc(Nc2ccc(C#N)cc2F)n1. The Morgan fingerprint density at radius 1 is 1.38 bits per heavy atom. The van der Waals surface area contributed by atoms with E-state index in [0.29, 0.717) is 6.61 Å². The van der Waals surface area contributed by atoms with Crippen LogP contribution in [0.4, 0.5) is 22.0 Å². The number of nitrogens with one attached hydrogen (secondary N) is 1. The molecule has 8 heteroatoms. The Balaban J connectivity index is 2.23. The monoisotopic (exact) mass is 288 g/mol. The van der Waals surface area contributed by atoms with Crippen LogP contribution < -0.4 is 15.8 Å². The van der Waals surface area contributed by atoms with Gasteiger partial charge in [-0.3, -0.25) is 0 Å². The number of anilines is 3. The second-order valence-corrected chi connectivity index (χ2v) is 4.08. The topological polar surface area (TPSA) is 110 Å². The first-order valence-electron chi connectivity index (χ1n) is 6.23. The number of nitriles is 1. The fourth-order valence-electron chi connectivity index (χ4n) is 1.49. The Morgan fingerprint density at radius 3 is 2.86 bits per heavy atom. The smallest absolute Gasteiger partial charge is 0.323 e. The molecule has 0 spiro atoms. The van der Waals surface area contributed by atoms with Crippen LogP contribution in [0.1, 0.15) is 18.9 Å². The second kappa shape index (κ2) is 6.47. The summed E-state index contributed by atoms with van der Waals surface area (Å²) in [5.74, 6) is -0.561. The number of nitrogens with two attached hydrogens (primary N) is 1. The minimum Gasteiger partial charge on any atom is -0.463 e. The summed E-state index contributed by atoms with van der Waals surface area (Å²) in [4.78, 5) is 11.7. The quantitative estimate of drug-likeness (QED) is 0.865. The van der Waals surface area contributed by atoms with Crippen LogP contribution in [0.15, 0.2) is 18.2 Å². The van der Waals surface area contributed by atoms with E-state index in [4.69, 9.17) is 15.7 Å². The predicted molar refractivity (Wildman–Crippen MR) is 74.4 cm³/mol. The van der Waals surface area contributed by atoms with Crippen molar-refractivity contribution >= 4 is 17.6 Å². The summed E-state index contributed by atoms with van der Waals surface area (Å²) in [7, 11) is 0. The van der Waals surface area contributed by atoms with Crippen LogP contribution in [0.5, 0.6) is 6.01 Å². The van der Waals surface area contributed by atoms with E-state index >= 15 is 0 Å². The second-order valence-electron chi connectivity index (χ2n) is 4.08. The first-order valence-corrected chi connectivity index (χ1v) is 6.23. The molecule has 0 amide bonds. The van der Waals surface area contributed by atoms with Gasteiger partial charge in [0.2, 0.25) is 11.9 Å². The van der Waals surface area contributed by atoms with Gasteiger partial charge in [0.1, 0.15) is 5.82 Å². The number of benzene rings is 1. The van der Waals surface area contributed by atoms with Gasteiger partial charge in [-0.1, -0.05) is 6.92 Å². The highest BCUT2D eigenvalue weighted by molar-refractivity contribution is 5.56. The largest absolute Gasteiger partial charge is 0.463 e. The van der Waals surface area contributed by atoms with E-state index in [9.17, 15) is 4.39 Å². The summed E-state index contributed by atoms with van der Waals surface area (Å²) in [5, 5.41) is 11.4. The van der Waals surface area contributed by atoms with E-state index in [-0.39, 0.29) is 29.2 Å². The minimum absolute atomic E-state index is 0.0346. The van der Waals surface area contributed by atoms with Crippen LogP contribution in [0.2, 0.25) is 0 Å². The van der Waals surface area contributed by atoms with E-state index in [1.54, 1.807) is 0 Å². The molecule has 3 N–H and O–H groups in total. The van der Waals surface area contributed by atoms with E-state index in [1.807, 2.05) is 13.0 Å².